The van der Waals surface area contributed by atoms with Crippen molar-refractivity contribution in [1.29, 1.82) is 0 Å². The largest absolute Gasteiger partial charge is 0.342 e. The van der Waals surface area contributed by atoms with Crippen LogP contribution < -0.4 is 0 Å². The Morgan fingerprint density at radius 2 is 2.16 bits per heavy atom. The Morgan fingerprint density at radius 3 is 2.84 bits per heavy atom. The van der Waals surface area contributed by atoms with Crippen molar-refractivity contribution in [2.75, 3.05) is 13.6 Å². The van der Waals surface area contributed by atoms with E-state index in [0.29, 0.717) is 11.2 Å². The average Bonchev–Trinajstić information content (AvgIpc) is 2.78. The van der Waals surface area contributed by atoms with E-state index >= 15 is 0 Å². The lowest BCUT2D eigenvalue weighted by Gasteiger charge is -2.15. The van der Waals surface area contributed by atoms with Gasteiger partial charge in [-0.05, 0) is 26.3 Å². The minimum absolute atomic E-state index is 0.0130. The molecule has 0 aliphatic rings. The van der Waals surface area contributed by atoms with Crippen molar-refractivity contribution in [3.05, 3.63) is 29.2 Å². The van der Waals surface area contributed by atoms with E-state index in [9.17, 15) is 4.79 Å². The van der Waals surface area contributed by atoms with E-state index in [-0.39, 0.29) is 5.91 Å². The summed E-state index contributed by atoms with van der Waals surface area (Å²) < 4.78 is 1.72. The van der Waals surface area contributed by atoms with Gasteiger partial charge in [-0.3, -0.25) is 4.79 Å². The van der Waals surface area contributed by atoms with E-state index in [1.54, 1.807) is 15.6 Å². The molecule has 0 aliphatic heterocycles. The molecule has 102 valence electrons. The maximum Gasteiger partial charge on any atom is 0.259 e. The normalized spacial score (nSPS) is 10.9. The van der Waals surface area contributed by atoms with Crippen LogP contribution in [0, 0.1) is 13.8 Å². The fourth-order valence-electron chi connectivity index (χ4n) is 2.12. The predicted octanol–water partition coefficient (Wildman–Crippen LogP) is 2.22. The van der Waals surface area contributed by atoms with E-state index in [1.165, 1.54) is 0 Å². The van der Waals surface area contributed by atoms with Gasteiger partial charge in [0.1, 0.15) is 5.56 Å². The Labute approximate surface area is 113 Å². The van der Waals surface area contributed by atoms with Crippen molar-refractivity contribution in [3.63, 3.8) is 0 Å². The monoisotopic (exact) mass is 260 g/mol. The van der Waals surface area contributed by atoms with Crippen molar-refractivity contribution < 1.29 is 4.79 Å². The summed E-state index contributed by atoms with van der Waals surface area (Å²) in [6, 6.07) is 1.95. The molecule has 19 heavy (non-hydrogen) atoms. The molecule has 0 saturated carbocycles. The molecule has 2 heterocycles. The zero-order chi connectivity index (χ0) is 14.0. The van der Waals surface area contributed by atoms with Crippen LogP contribution in [-0.2, 0) is 0 Å². The number of rotatable bonds is 4. The molecule has 5 nitrogen and oxygen atoms in total. The number of hydrogen-bond donors (Lipinski definition) is 0. The molecule has 0 atom stereocenters. The van der Waals surface area contributed by atoms with Crippen LogP contribution in [0.4, 0.5) is 0 Å². The third-order valence-electron chi connectivity index (χ3n) is 3.20. The van der Waals surface area contributed by atoms with Crippen LogP contribution in [-0.4, -0.2) is 39.0 Å². The van der Waals surface area contributed by atoms with E-state index in [2.05, 4.69) is 17.0 Å². The smallest absolute Gasteiger partial charge is 0.259 e. The summed E-state index contributed by atoms with van der Waals surface area (Å²) in [5.74, 6) is -0.0130. The summed E-state index contributed by atoms with van der Waals surface area (Å²) >= 11 is 0. The molecule has 0 fully saturated rings. The zero-order valence-electron chi connectivity index (χ0n) is 12.0. The van der Waals surface area contributed by atoms with Gasteiger partial charge in [0, 0.05) is 25.0 Å². The van der Waals surface area contributed by atoms with Gasteiger partial charge in [-0.1, -0.05) is 13.3 Å². The van der Waals surface area contributed by atoms with Gasteiger partial charge in [0.05, 0.1) is 6.20 Å². The fourth-order valence-corrected chi connectivity index (χ4v) is 2.12. The second-order valence-corrected chi connectivity index (χ2v) is 4.91. The summed E-state index contributed by atoms with van der Waals surface area (Å²) in [6.07, 6.45) is 3.69. The molecule has 0 spiro atoms. The Bertz CT molecular complexity index is 603. The van der Waals surface area contributed by atoms with Gasteiger partial charge in [0.15, 0.2) is 5.65 Å². The quantitative estimate of drug-likeness (QED) is 0.847. The van der Waals surface area contributed by atoms with E-state index in [1.807, 2.05) is 27.0 Å². The van der Waals surface area contributed by atoms with Gasteiger partial charge in [-0.2, -0.15) is 5.10 Å². The van der Waals surface area contributed by atoms with Crippen LogP contribution in [0.2, 0.25) is 0 Å². The van der Waals surface area contributed by atoms with Crippen LogP contribution in [0.3, 0.4) is 0 Å². The molecule has 0 bridgehead atoms. The van der Waals surface area contributed by atoms with Crippen LogP contribution in [0.5, 0.6) is 0 Å². The molecule has 0 saturated heterocycles. The maximum atomic E-state index is 12.4. The van der Waals surface area contributed by atoms with E-state index < -0.39 is 0 Å². The first-order valence-electron chi connectivity index (χ1n) is 6.62. The number of hydrogen-bond acceptors (Lipinski definition) is 3. The molecule has 5 heteroatoms. The summed E-state index contributed by atoms with van der Waals surface area (Å²) in [5.41, 5.74) is 3.10. The van der Waals surface area contributed by atoms with Gasteiger partial charge in [0.25, 0.3) is 5.91 Å². The van der Waals surface area contributed by atoms with Crippen molar-refractivity contribution in [2.45, 2.75) is 33.6 Å². The Balaban J connectivity index is 2.37. The van der Waals surface area contributed by atoms with Crippen molar-refractivity contribution in [1.82, 2.24) is 19.5 Å². The summed E-state index contributed by atoms with van der Waals surface area (Å²) in [5, 5.41) is 4.25. The number of unbranched alkanes of at least 4 members (excludes halogenated alkanes) is 1. The molecular weight excluding hydrogens is 240 g/mol. The third kappa shape index (κ3) is 2.59. The Morgan fingerprint density at radius 1 is 1.42 bits per heavy atom. The van der Waals surface area contributed by atoms with E-state index in [4.69, 9.17) is 0 Å². The Hall–Kier alpha value is -1.91. The van der Waals surface area contributed by atoms with Crippen LogP contribution in [0.15, 0.2) is 12.3 Å². The molecule has 2 aromatic heterocycles. The van der Waals surface area contributed by atoms with Gasteiger partial charge in [-0.25, -0.2) is 9.50 Å². The Kier molecular flexibility index (Phi) is 3.83. The molecule has 0 N–H and O–H groups in total. The van der Waals surface area contributed by atoms with Gasteiger partial charge in [-0.15, -0.1) is 0 Å². The molecule has 0 unspecified atom stereocenters. The first kappa shape index (κ1) is 13.5. The van der Waals surface area contributed by atoms with Crippen molar-refractivity contribution in [2.24, 2.45) is 0 Å². The highest BCUT2D eigenvalue weighted by molar-refractivity contribution is 5.99. The first-order chi connectivity index (χ1) is 9.04. The lowest BCUT2D eigenvalue weighted by atomic mass is 10.2. The molecule has 0 aliphatic carbocycles. The van der Waals surface area contributed by atoms with Crippen LogP contribution >= 0.6 is 0 Å². The zero-order valence-corrected chi connectivity index (χ0v) is 12.0. The minimum Gasteiger partial charge on any atom is -0.342 e. The number of aryl methyl sites for hydroxylation is 2. The van der Waals surface area contributed by atoms with Crippen LogP contribution in [0.1, 0.15) is 41.5 Å². The van der Waals surface area contributed by atoms with Crippen LogP contribution in [0.25, 0.3) is 5.65 Å². The van der Waals surface area contributed by atoms with Gasteiger partial charge >= 0.3 is 0 Å². The van der Waals surface area contributed by atoms with Gasteiger partial charge in [0.2, 0.25) is 0 Å². The second-order valence-electron chi connectivity index (χ2n) is 4.91. The number of fused-ring (bicyclic) bond motifs is 1. The minimum atomic E-state index is -0.0130. The predicted molar refractivity (Wildman–Crippen MR) is 74.3 cm³/mol. The second kappa shape index (κ2) is 5.38. The molecule has 0 aromatic carbocycles. The average molecular weight is 260 g/mol. The molecular formula is C14H20N4O. The highest BCUT2D eigenvalue weighted by Crippen LogP contribution is 2.13. The highest BCUT2D eigenvalue weighted by atomic mass is 16.2. The fraction of sp³-hybridized carbons (Fsp3) is 0.500. The van der Waals surface area contributed by atoms with Crippen molar-refractivity contribution >= 4 is 11.6 Å². The number of carbonyl (C=O) groups is 1. The third-order valence-corrected chi connectivity index (χ3v) is 3.20. The summed E-state index contributed by atoms with van der Waals surface area (Å²) in [7, 11) is 1.82. The first-order valence-corrected chi connectivity index (χ1v) is 6.62. The lowest BCUT2D eigenvalue weighted by molar-refractivity contribution is 0.0795. The number of nitrogens with zero attached hydrogens (tertiary/aromatic N) is 4. The lowest BCUT2D eigenvalue weighted by Crippen LogP contribution is -2.27. The number of amides is 1. The molecule has 2 rings (SSSR count). The summed E-state index contributed by atoms with van der Waals surface area (Å²) in [4.78, 5) is 18.5. The summed E-state index contributed by atoms with van der Waals surface area (Å²) in [6.45, 7) is 6.76. The molecule has 2 aromatic rings. The van der Waals surface area contributed by atoms with Gasteiger partial charge < -0.3 is 4.90 Å². The standard InChI is InChI=1S/C14H20N4O/c1-5-6-7-17(4)14(19)12-9-15-18-11(3)8-10(2)16-13(12)18/h8-9H,5-7H2,1-4H3. The molecule has 0 radical (unpaired) electrons. The SMILES string of the molecule is CCCCN(C)C(=O)c1cnn2c(C)cc(C)nc12. The topological polar surface area (TPSA) is 50.5 Å². The molecule has 1 amide bonds. The van der Waals surface area contributed by atoms with E-state index in [0.717, 1.165) is 30.8 Å². The number of carbonyl (C=O) groups excluding carboxylic acids is 1. The number of aromatic nitrogens is 3. The highest BCUT2D eigenvalue weighted by Gasteiger charge is 2.18. The maximum absolute atomic E-state index is 12.4. The van der Waals surface area contributed by atoms with Crippen molar-refractivity contribution in [3.8, 4) is 0 Å².